The van der Waals surface area contributed by atoms with E-state index in [-0.39, 0.29) is 11.5 Å². The molecule has 0 amide bonds. The van der Waals surface area contributed by atoms with Gasteiger partial charge < -0.3 is 10.2 Å². The van der Waals surface area contributed by atoms with Gasteiger partial charge in [0.05, 0.1) is 0 Å². The lowest BCUT2D eigenvalue weighted by molar-refractivity contribution is 0.414. The van der Waals surface area contributed by atoms with Crippen molar-refractivity contribution in [2.45, 2.75) is 0 Å². The monoisotopic (exact) mass is 576 g/mol. The first-order chi connectivity index (χ1) is 19.5. The molecule has 0 aliphatic carbocycles. The Labute approximate surface area is 233 Å². The van der Waals surface area contributed by atoms with E-state index in [0.29, 0.717) is 23.0 Å². The quantitative estimate of drug-likeness (QED) is 0.177. The summed E-state index contributed by atoms with van der Waals surface area (Å²) in [4.78, 5) is 0. The molecule has 0 fully saturated rings. The number of phenolic OH excluding ortho intramolecular Hbond substituents is 2. The van der Waals surface area contributed by atoms with Crippen molar-refractivity contribution in [1.29, 1.82) is 0 Å². The summed E-state index contributed by atoms with van der Waals surface area (Å²) in [5, 5.41) is 17.3. The lowest BCUT2D eigenvalue weighted by atomic mass is 10.3. The van der Waals surface area contributed by atoms with Crippen LogP contribution in [0.5, 0.6) is 34.5 Å². The number of rotatable bonds is 8. The third-order valence-corrected chi connectivity index (χ3v) is 5.96. The van der Waals surface area contributed by atoms with Crippen molar-refractivity contribution < 1.29 is 37.4 Å². The van der Waals surface area contributed by atoms with E-state index < -0.39 is 16.5 Å². The average Bonchev–Trinajstić information content (AvgIpc) is 2.96. The zero-order valence-electron chi connectivity index (χ0n) is 21.1. The molecule has 0 spiro atoms. The normalized spacial score (nSPS) is 9.40. The van der Waals surface area contributed by atoms with Gasteiger partial charge >= 0.3 is 16.5 Å². The fraction of sp³-hybridized carbons (Fsp3) is 0. The largest absolute Gasteiger partial charge is 0.805 e. The van der Waals surface area contributed by atoms with Gasteiger partial charge in [0.1, 0.15) is 11.5 Å². The Hall–Kier alpha value is -4.90. The molecule has 10 heteroatoms. The van der Waals surface area contributed by atoms with E-state index in [1.807, 2.05) is 24.3 Å². The average molecular weight is 576 g/mol. The molecule has 0 unspecified atom stereocenters. The fourth-order valence-corrected chi connectivity index (χ4v) is 4.05. The lowest BCUT2D eigenvalue weighted by Crippen LogP contribution is -1.87. The van der Waals surface area contributed by atoms with Gasteiger partial charge in [-0.25, -0.2) is 18.1 Å². The van der Waals surface area contributed by atoms with E-state index in [9.17, 15) is 9.13 Å². The van der Waals surface area contributed by atoms with Crippen LogP contribution in [0, 0.1) is 0 Å². The fourth-order valence-electron chi connectivity index (χ4n) is 2.80. The van der Waals surface area contributed by atoms with Crippen LogP contribution in [0.2, 0.25) is 0 Å². The molecule has 0 radical (unpaired) electrons. The Morgan fingerprint density at radius 1 is 0.375 bits per heavy atom. The van der Waals surface area contributed by atoms with Crippen molar-refractivity contribution in [2.75, 3.05) is 0 Å². The van der Waals surface area contributed by atoms with Crippen molar-refractivity contribution in [3.8, 4) is 34.5 Å². The maximum absolute atomic E-state index is 11.5. The minimum absolute atomic E-state index is 0.0880. The smallest absolute Gasteiger partial charge is 0.508 e. The first-order valence-electron chi connectivity index (χ1n) is 11.8. The molecule has 202 valence electrons. The zero-order chi connectivity index (χ0) is 28.4. The second-order valence-corrected chi connectivity index (χ2v) is 9.21. The number of aromatic hydroxyl groups is 2. The van der Waals surface area contributed by atoms with Gasteiger partial charge in [-0.15, -0.1) is 0 Å². The molecule has 0 heterocycles. The molecule has 0 bridgehead atoms. The molecule has 0 atom stereocenters. The summed E-state index contributed by atoms with van der Waals surface area (Å²) < 4.78 is 43.4. The van der Waals surface area contributed by atoms with Gasteiger partial charge in [-0.05, 0) is 60.7 Å². The minimum atomic E-state index is -2.18. The Kier molecular flexibility index (Phi) is 12.5. The van der Waals surface area contributed by atoms with Gasteiger partial charge in [0.2, 0.25) is 0 Å². The zero-order valence-corrected chi connectivity index (χ0v) is 22.9. The van der Waals surface area contributed by atoms with Crippen molar-refractivity contribution in [3.63, 3.8) is 0 Å². The highest BCUT2D eigenvalue weighted by Crippen LogP contribution is 2.30. The number of hydrogen-bond acceptors (Lipinski definition) is 8. The van der Waals surface area contributed by atoms with Crippen LogP contribution in [0.15, 0.2) is 146 Å². The number of hydrogen-bond donors (Lipinski definition) is 2. The highest BCUT2D eigenvalue weighted by molar-refractivity contribution is 7.34. The summed E-state index contributed by atoms with van der Waals surface area (Å²) in [6, 6.07) is 41.5. The van der Waals surface area contributed by atoms with E-state index in [4.69, 9.17) is 28.3 Å². The maximum Gasteiger partial charge on any atom is 0.805 e. The van der Waals surface area contributed by atoms with Crippen LogP contribution in [0.4, 0.5) is 0 Å². The highest BCUT2D eigenvalue weighted by atomic mass is 31.1. The standard InChI is InChI=1S/2C12H10O3P.C6H6O2/c2*13-16(14-11-7-3-1-4-8-11)15-12-9-5-2-6-10-12;7-5-2-1-3-6(8)4-5/h2*1-10H;1-4,7-8H/q2*+1;. The Bertz CT molecular complexity index is 1240. The summed E-state index contributed by atoms with van der Waals surface area (Å²) in [5.41, 5.74) is 0. The first-order valence-corrected chi connectivity index (χ1v) is 14.0. The lowest BCUT2D eigenvalue weighted by Gasteiger charge is -1.92. The molecule has 5 aromatic carbocycles. The van der Waals surface area contributed by atoms with Crippen molar-refractivity contribution in [2.24, 2.45) is 0 Å². The molecule has 5 aromatic rings. The first kappa shape index (κ1) is 29.7. The summed E-state index contributed by atoms with van der Waals surface area (Å²) in [5.74, 6) is 2.29. The molecule has 8 nitrogen and oxygen atoms in total. The second kappa shape index (κ2) is 16.8. The molecule has 40 heavy (non-hydrogen) atoms. The summed E-state index contributed by atoms with van der Waals surface area (Å²) in [7, 11) is -4.37. The van der Waals surface area contributed by atoms with E-state index >= 15 is 0 Å². The number of benzene rings is 5. The van der Waals surface area contributed by atoms with Crippen LogP contribution in [0.3, 0.4) is 0 Å². The van der Waals surface area contributed by atoms with Crippen LogP contribution in [0.1, 0.15) is 0 Å². The van der Waals surface area contributed by atoms with E-state index in [1.165, 1.54) is 18.2 Å². The molecule has 0 saturated carbocycles. The topological polar surface area (TPSA) is 112 Å². The number of phenols is 2. The maximum atomic E-state index is 11.5. The predicted octanol–water partition coefficient (Wildman–Crippen LogP) is 8.70. The second-order valence-electron chi connectivity index (χ2n) is 7.58. The summed E-state index contributed by atoms with van der Waals surface area (Å²) in [6.07, 6.45) is 0. The van der Waals surface area contributed by atoms with Crippen molar-refractivity contribution in [3.05, 3.63) is 146 Å². The van der Waals surface area contributed by atoms with Gasteiger partial charge in [-0.2, -0.15) is 0 Å². The third kappa shape index (κ3) is 12.1. The molecule has 0 aliphatic rings. The van der Waals surface area contributed by atoms with Crippen molar-refractivity contribution in [1.82, 2.24) is 0 Å². The van der Waals surface area contributed by atoms with E-state index in [2.05, 4.69) is 0 Å². The highest BCUT2D eigenvalue weighted by Gasteiger charge is 2.24. The molecule has 0 aliphatic heterocycles. The Balaban J connectivity index is 0.000000175. The molecule has 5 rings (SSSR count). The van der Waals surface area contributed by atoms with E-state index in [1.54, 1.807) is 103 Å². The third-order valence-electron chi connectivity index (χ3n) is 4.52. The molecule has 0 aromatic heterocycles. The summed E-state index contributed by atoms with van der Waals surface area (Å²) in [6.45, 7) is 0. The SMILES string of the molecule is O=[P+](Oc1ccccc1)Oc1ccccc1.O=[P+](Oc1ccccc1)Oc1ccccc1.Oc1cccc(O)c1. The van der Waals surface area contributed by atoms with Crippen LogP contribution in [-0.4, -0.2) is 10.2 Å². The van der Waals surface area contributed by atoms with Crippen LogP contribution >= 0.6 is 16.5 Å². The van der Waals surface area contributed by atoms with Gasteiger partial charge in [0.15, 0.2) is 23.0 Å². The Morgan fingerprint density at radius 2 is 0.625 bits per heavy atom. The van der Waals surface area contributed by atoms with E-state index in [0.717, 1.165) is 0 Å². The molecular formula is C30H26O8P2+2. The molecule has 0 saturated heterocycles. The summed E-state index contributed by atoms with van der Waals surface area (Å²) >= 11 is 0. The predicted molar refractivity (Wildman–Crippen MR) is 153 cm³/mol. The van der Waals surface area contributed by atoms with Crippen LogP contribution < -0.4 is 18.1 Å². The van der Waals surface area contributed by atoms with Gasteiger partial charge in [-0.3, -0.25) is 0 Å². The van der Waals surface area contributed by atoms with Gasteiger partial charge in [0.25, 0.3) is 0 Å². The van der Waals surface area contributed by atoms with Gasteiger partial charge in [-0.1, -0.05) is 78.9 Å². The Morgan fingerprint density at radius 3 is 0.825 bits per heavy atom. The molecular weight excluding hydrogens is 550 g/mol. The number of para-hydroxylation sites is 4. The van der Waals surface area contributed by atoms with Crippen LogP contribution in [0.25, 0.3) is 0 Å². The van der Waals surface area contributed by atoms with Crippen molar-refractivity contribution >= 4 is 16.5 Å². The molecule has 2 N–H and O–H groups in total. The van der Waals surface area contributed by atoms with Gasteiger partial charge in [0, 0.05) is 15.2 Å². The van der Waals surface area contributed by atoms with Crippen LogP contribution in [-0.2, 0) is 9.13 Å². The minimum Gasteiger partial charge on any atom is -0.508 e.